The summed E-state index contributed by atoms with van der Waals surface area (Å²) in [6.07, 6.45) is 6.63. The number of fused-ring (bicyclic) bond motifs is 1. The van der Waals surface area contributed by atoms with Crippen LogP contribution in [0.15, 0.2) is 55.0 Å². The van der Waals surface area contributed by atoms with Crippen LogP contribution in [0.2, 0.25) is 0 Å². The molecule has 1 amide bonds. The van der Waals surface area contributed by atoms with Crippen LogP contribution in [0.4, 0.5) is 0 Å². The zero-order chi connectivity index (χ0) is 25.4. The molecule has 0 bridgehead atoms. The minimum atomic E-state index is 0.0341. The highest BCUT2D eigenvalue weighted by Gasteiger charge is 2.28. The Labute approximate surface area is 210 Å². The van der Waals surface area contributed by atoms with Crippen LogP contribution in [0.3, 0.4) is 0 Å². The molecule has 0 radical (unpaired) electrons. The summed E-state index contributed by atoms with van der Waals surface area (Å²) in [6, 6.07) is 12.1. The Kier molecular flexibility index (Phi) is 6.26. The van der Waals surface area contributed by atoms with Gasteiger partial charge >= 0.3 is 0 Å². The molecule has 1 aliphatic heterocycles. The quantitative estimate of drug-likeness (QED) is 0.434. The molecule has 186 valence electrons. The monoisotopic (exact) mass is 484 g/mol. The number of ether oxygens (including phenoxy) is 1. The zero-order valence-corrected chi connectivity index (χ0v) is 21.3. The van der Waals surface area contributed by atoms with Crippen LogP contribution in [0.1, 0.15) is 39.7 Å². The fourth-order valence-corrected chi connectivity index (χ4v) is 4.98. The van der Waals surface area contributed by atoms with Crippen molar-refractivity contribution in [3.05, 3.63) is 88.6 Å². The van der Waals surface area contributed by atoms with E-state index < -0.39 is 0 Å². The number of nitrogens with zero attached hydrogens (tertiary/aromatic N) is 5. The molecule has 0 aliphatic carbocycles. The summed E-state index contributed by atoms with van der Waals surface area (Å²) in [4.78, 5) is 15.7. The van der Waals surface area contributed by atoms with Gasteiger partial charge in [-0.05, 0) is 66.8 Å². The van der Waals surface area contributed by atoms with Crippen molar-refractivity contribution >= 4 is 5.91 Å². The lowest BCUT2D eigenvalue weighted by Gasteiger charge is -2.30. The summed E-state index contributed by atoms with van der Waals surface area (Å²) in [7, 11) is 3.51. The Hall–Kier alpha value is -4.07. The highest BCUT2D eigenvalue weighted by molar-refractivity contribution is 5.99. The molecule has 4 aromatic rings. The predicted octanol–water partition coefficient (Wildman–Crippen LogP) is 3.75. The Morgan fingerprint density at radius 2 is 1.86 bits per heavy atom. The number of amides is 1. The van der Waals surface area contributed by atoms with Crippen molar-refractivity contribution in [2.75, 3.05) is 13.7 Å². The van der Waals surface area contributed by atoms with Gasteiger partial charge in [0.15, 0.2) is 0 Å². The number of rotatable bonds is 7. The Balaban J connectivity index is 1.57. The maximum atomic E-state index is 13.8. The van der Waals surface area contributed by atoms with Crippen LogP contribution in [0.25, 0.3) is 11.1 Å². The van der Waals surface area contributed by atoms with Gasteiger partial charge in [-0.25, -0.2) is 0 Å². The molecule has 0 unspecified atom stereocenters. The summed E-state index contributed by atoms with van der Waals surface area (Å²) in [5.41, 5.74) is 7.35. The lowest BCUT2D eigenvalue weighted by atomic mass is 9.88. The number of hydrogen-bond acceptors (Lipinski definition) is 4. The molecule has 0 saturated heterocycles. The average Bonchev–Trinajstić information content (AvgIpc) is 3.42. The molecule has 1 N–H and O–H groups in total. The van der Waals surface area contributed by atoms with E-state index in [1.807, 2.05) is 70.8 Å². The minimum Gasteiger partial charge on any atom is -0.497 e. The van der Waals surface area contributed by atoms with E-state index in [0.29, 0.717) is 25.3 Å². The van der Waals surface area contributed by atoms with Crippen molar-refractivity contribution in [2.24, 2.45) is 7.05 Å². The SMILES string of the molecule is CCn1cc(-c2cc(Cn3ccn(C)c3=N)cc3c2CCN(Cc2cccc(OC)c2)C3=O)c(C)n1. The Bertz CT molecular complexity index is 1490. The number of aromatic nitrogens is 4. The number of carbonyl (C=O) groups excluding carboxylic acids is 1. The molecular weight excluding hydrogens is 452 g/mol. The first kappa shape index (κ1) is 23.7. The predicted molar refractivity (Wildman–Crippen MR) is 138 cm³/mol. The van der Waals surface area contributed by atoms with Crippen molar-refractivity contribution in [1.82, 2.24) is 23.8 Å². The van der Waals surface area contributed by atoms with E-state index in [9.17, 15) is 4.79 Å². The van der Waals surface area contributed by atoms with Crippen LogP contribution in [-0.2, 0) is 33.1 Å². The molecule has 5 rings (SSSR count). The molecular formula is C28H32N6O2. The molecule has 2 aromatic carbocycles. The van der Waals surface area contributed by atoms with Crippen LogP contribution < -0.4 is 10.4 Å². The molecule has 2 aromatic heterocycles. The van der Waals surface area contributed by atoms with E-state index in [-0.39, 0.29) is 5.91 Å². The molecule has 8 heteroatoms. The van der Waals surface area contributed by atoms with Crippen molar-refractivity contribution in [1.29, 1.82) is 5.41 Å². The highest BCUT2D eigenvalue weighted by atomic mass is 16.5. The van der Waals surface area contributed by atoms with Crippen molar-refractivity contribution in [3.63, 3.8) is 0 Å². The van der Waals surface area contributed by atoms with Gasteiger partial charge in [-0.3, -0.25) is 14.9 Å². The Morgan fingerprint density at radius 1 is 1.06 bits per heavy atom. The molecule has 0 atom stereocenters. The van der Waals surface area contributed by atoms with Crippen LogP contribution >= 0.6 is 0 Å². The second-order valence-electron chi connectivity index (χ2n) is 9.34. The third-order valence-electron chi connectivity index (χ3n) is 6.96. The van der Waals surface area contributed by atoms with E-state index >= 15 is 0 Å². The van der Waals surface area contributed by atoms with Gasteiger partial charge in [0.1, 0.15) is 5.75 Å². The second-order valence-corrected chi connectivity index (χ2v) is 9.34. The number of imidazole rings is 1. The van der Waals surface area contributed by atoms with Gasteiger partial charge in [0, 0.05) is 56.4 Å². The van der Waals surface area contributed by atoms with Crippen LogP contribution in [0, 0.1) is 12.3 Å². The van der Waals surface area contributed by atoms with Gasteiger partial charge in [0.25, 0.3) is 5.91 Å². The minimum absolute atomic E-state index is 0.0341. The summed E-state index contributed by atoms with van der Waals surface area (Å²) in [5, 5.41) is 13.0. The van der Waals surface area contributed by atoms with Gasteiger partial charge in [0.2, 0.25) is 5.62 Å². The lowest BCUT2D eigenvalue weighted by molar-refractivity contribution is 0.0727. The van der Waals surface area contributed by atoms with Crippen LogP contribution in [-0.4, -0.2) is 43.4 Å². The Morgan fingerprint density at radius 3 is 2.56 bits per heavy atom. The van der Waals surface area contributed by atoms with E-state index in [2.05, 4.69) is 24.3 Å². The largest absolute Gasteiger partial charge is 0.497 e. The van der Waals surface area contributed by atoms with E-state index in [1.54, 1.807) is 11.7 Å². The standard InChI is InChI=1S/C28H32N6O2/c1-5-34-18-26(19(2)30-34)24-14-21(17-33-12-11-31(3)28(33)29)15-25-23(24)9-10-32(27(25)35)16-20-7-6-8-22(13-20)36-4/h6-8,11-15,18,29H,5,9-10,16-17H2,1-4H3. The maximum absolute atomic E-state index is 13.8. The molecule has 0 spiro atoms. The molecule has 3 heterocycles. The molecule has 0 saturated carbocycles. The van der Waals surface area contributed by atoms with Crippen molar-refractivity contribution in [2.45, 2.75) is 39.9 Å². The summed E-state index contributed by atoms with van der Waals surface area (Å²) < 4.78 is 11.0. The third-order valence-corrected chi connectivity index (χ3v) is 6.96. The van der Waals surface area contributed by atoms with Crippen molar-refractivity contribution in [3.8, 4) is 16.9 Å². The fourth-order valence-electron chi connectivity index (χ4n) is 4.98. The number of benzene rings is 2. The molecule has 8 nitrogen and oxygen atoms in total. The van der Waals surface area contributed by atoms with Gasteiger partial charge in [0.05, 0.1) is 19.3 Å². The number of carbonyl (C=O) groups is 1. The summed E-state index contributed by atoms with van der Waals surface area (Å²) >= 11 is 0. The fraction of sp³-hybridized carbons (Fsp3) is 0.321. The highest BCUT2D eigenvalue weighted by Crippen LogP contribution is 2.34. The first-order valence-electron chi connectivity index (χ1n) is 12.3. The van der Waals surface area contributed by atoms with Gasteiger partial charge in [-0.15, -0.1) is 0 Å². The number of hydrogen-bond donors (Lipinski definition) is 1. The smallest absolute Gasteiger partial charge is 0.254 e. The maximum Gasteiger partial charge on any atom is 0.254 e. The van der Waals surface area contributed by atoms with Crippen LogP contribution in [0.5, 0.6) is 5.75 Å². The first-order chi connectivity index (χ1) is 17.4. The third kappa shape index (κ3) is 4.34. The van der Waals surface area contributed by atoms with E-state index in [0.717, 1.165) is 57.8 Å². The molecule has 36 heavy (non-hydrogen) atoms. The average molecular weight is 485 g/mol. The second kappa shape index (κ2) is 9.53. The van der Waals surface area contributed by atoms with E-state index in [4.69, 9.17) is 10.1 Å². The summed E-state index contributed by atoms with van der Waals surface area (Å²) in [5.74, 6) is 0.822. The summed E-state index contributed by atoms with van der Waals surface area (Å²) in [6.45, 7) is 6.59. The normalized spacial score (nSPS) is 13.2. The number of methoxy groups -OCH3 is 1. The first-order valence-corrected chi connectivity index (χ1v) is 12.3. The van der Waals surface area contributed by atoms with E-state index in [1.165, 1.54) is 0 Å². The lowest BCUT2D eigenvalue weighted by Crippen LogP contribution is -2.37. The van der Waals surface area contributed by atoms with Gasteiger partial charge < -0.3 is 18.8 Å². The van der Waals surface area contributed by atoms with Gasteiger partial charge in [-0.2, -0.15) is 5.10 Å². The molecule has 1 aliphatic rings. The number of nitrogens with one attached hydrogen (secondary N) is 1. The zero-order valence-electron chi connectivity index (χ0n) is 21.3. The van der Waals surface area contributed by atoms with Crippen molar-refractivity contribution < 1.29 is 9.53 Å². The number of aryl methyl sites for hydroxylation is 3. The molecule has 0 fully saturated rings. The van der Waals surface area contributed by atoms with Gasteiger partial charge in [-0.1, -0.05) is 12.1 Å². The topological polar surface area (TPSA) is 81.1 Å².